The first-order valence-electron chi connectivity index (χ1n) is 5.76. The quantitative estimate of drug-likeness (QED) is 0.861. The molecule has 2 rings (SSSR count). The first-order chi connectivity index (χ1) is 8.74. The first kappa shape index (κ1) is 12.9. The van der Waals surface area contributed by atoms with Gasteiger partial charge in [-0.1, -0.05) is 41.9 Å². The van der Waals surface area contributed by atoms with Gasteiger partial charge in [0.15, 0.2) is 5.15 Å². The molecular weight excluding hydrogens is 248 g/mol. The molecule has 0 unspecified atom stereocenters. The second-order valence-corrected chi connectivity index (χ2v) is 4.37. The minimum absolute atomic E-state index is 0.0793. The van der Waals surface area contributed by atoms with E-state index in [-0.39, 0.29) is 6.61 Å². The van der Waals surface area contributed by atoms with Crippen molar-refractivity contribution in [3.8, 4) is 11.1 Å². The molecule has 0 radical (unpaired) electrons. The summed E-state index contributed by atoms with van der Waals surface area (Å²) in [5.41, 5.74) is 2.95. The summed E-state index contributed by atoms with van der Waals surface area (Å²) in [5, 5.41) is 9.50. The lowest BCUT2D eigenvalue weighted by molar-refractivity contribution is 0.304. The molecule has 0 saturated carbocycles. The third-order valence-electron chi connectivity index (χ3n) is 2.78. The summed E-state index contributed by atoms with van der Waals surface area (Å²) in [5.74, 6) is 0. The van der Waals surface area contributed by atoms with E-state index in [1.54, 1.807) is 6.20 Å². The Morgan fingerprint density at radius 1 is 1.22 bits per heavy atom. The highest BCUT2D eigenvalue weighted by molar-refractivity contribution is 6.32. The lowest BCUT2D eigenvalue weighted by atomic mass is 10.1. The fourth-order valence-corrected chi connectivity index (χ4v) is 2.21. The zero-order valence-electron chi connectivity index (χ0n) is 10.2. The van der Waals surface area contributed by atoms with Crippen molar-refractivity contribution in [2.24, 2.45) is 0 Å². The van der Waals surface area contributed by atoms with Crippen LogP contribution >= 0.6 is 11.6 Å². The maximum atomic E-state index is 9.05. The molecule has 0 bridgehead atoms. The van der Waals surface area contributed by atoms with Gasteiger partial charge in [0.1, 0.15) is 0 Å². The molecule has 94 valence electrons. The minimum Gasteiger partial charge on any atom is -0.395 e. The van der Waals surface area contributed by atoms with Gasteiger partial charge in [0.25, 0.3) is 0 Å². The maximum Gasteiger partial charge on any atom is 0.152 e. The molecule has 18 heavy (non-hydrogen) atoms. The van der Waals surface area contributed by atoms with Gasteiger partial charge in [0.2, 0.25) is 0 Å². The van der Waals surface area contributed by atoms with Crippen LogP contribution in [0, 0.1) is 0 Å². The molecule has 0 spiro atoms. The summed E-state index contributed by atoms with van der Waals surface area (Å²) in [7, 11) is 1.89. The molecule has 0 atom stereocenters. The van der Waals surface area contributed by atoms with Crippen LogP contribution in [0.1, 0.15) is 0 Å². The number of likely N-dealkylation sites (N-methyl/N-ethyl adjacent to an activating group) is 1. The number of aromatic nitrogens is 1. The van der Waals surface area contributed by atoms with Crippen molar-refractivity contribution in [3.05, 3.63) is 47.7 Å². The molecule has 4 heteroatoms. The molecule has 3 nitrogen and oxygen atoms in total. The number of nitrogens with zero attached hydrogens (tertiary/aromatic N) is 2. The number of hydrogen-bond donors (Lipinski definition) is 1. The van der Waals surface area contributed by atoms with Crippen molar-refractivity contribution in [1.29, 1.82) is 0 Å². The predicted octanol–water partition coefficient (Wildman–Crippen LogP) is 2.83. The number of hydrogen-bond acceptors (Lipinski definition) is 3. The Morgan fingerprint density at radius 3 is 2.61 bits per heavy atom. The average Bonchev–Trinajstić information content (AvgIpc) is 2.39. The van der Waals surface area contributed by atoms with E-state index >= 15 is 0 Å². The second kappa shape index (κ2) is 5.85. The zero-order chi connectivity index (χ0) is 13.0. The number of pyridine rings is 1. The van der Waals surface area contributed by atoms with E-state index in [1.165, 1.54) is 0 Å². The van der Waals surface area contributed by atoms with Crippen molar-refractivity contribution in [2.45, 2.75) is 0 Å². The fourth-order valence-electron chi connectivity index (χ4n) is 1.90. The van der Waals surface area contributed by atoms with Gasteiger partial charge in [-0.05, 0) is 11.6 Å². The van der Waals surface area contributed by atoms with Gasteiger partial charge in [-0.15, -0.1) is 0 Å². The van der Waals surface area contributed by atoms with Crippen LogP contribution in [-0.4, -0.2) is 30.3 Å². The van der Waals surface area contributed by atoms with Gasteiger partial charge in [0, 0.05) is 25.4 Å². The summed E-state index contributed by atoms with van der Waals surface area (Å²) in [6, 6.07) is 11.9. The van der Waals surface area contributed by atoms with Crippen LogP contribution in [0.3, 0.4) is 0 Å². The smallest absolute Gasteiger partial charge is 0.152 e. The molecule has 1 N–H and O–H groups in total. The highest BCUT2D eigenvalue weighted by Crippen LogP contribution is 2.34. The maximum absolute atomic E-state index is 9.05. The molecule has 1 aromatic carbocycles. The third-order valence-corrected chi connectivity index (χ3v) is 3.06. The van der Waals surface area contributed by atoms with Crippen molar-refractivity contribution in [1.82, 2.24) is 4.98 Å². The van der Waals surface area contributed by atoms with Crippen LogP contribution in [0.4, 0.5) is 5.69 Å². The molecule has 0 amide bonds. The van der Waals surface area contributed by atoms with Crippen LogP contribution in [-0.2, 0) is 0 Å². The van der Waals surface area contributed by atoms with E-state index in [0.29, 0.717) is 11.7 Å². The Morgan fingerprint density at radius 2 is 1.94 bits per heavy atom. The van der Waals surface area contributed by atoms with Crippen LogP contribution < -0.4 is 4.90 Å². The van der Waals surface area contributed by atoms with Gasteiger partial charge in [-0.3, -0.25) is 0 Å². The predicted molar refractivity (Wildman–Crippen MR) is 75.0 cm³/mol. The normalized spacial score (nSPS) is 10.4. The highest BCUT2D eigenvalue weighted by Gasteiger charge is 2.13. The number of anilines is 1. The lowest BCUT2D eigenvalue weighted by Gasteiger charge is -2.22. The molecule has 0 saturated heterocycles. The van der Waals surface area contributed by atoms with Crippen molar-refractivity contribution in [2.75, 3.05) is 25.1 Å². The number of rotatable bonds is 4. The Labute approximate surface area is 112 Å². The van der Waals surface area contributed by atoms with E-state index in [2.05, 4.69) is 4.98 Å². The monoisotopic (exact) mass is 262 g/mol. The summed E-state index contributed by atoms with van der Waals surface area (Å²) >= 11 is 6.18. The molecule has 2 aromatic rings. The summed E-state index contributed by atoms with van der Waals surface area (Å²) < 4.78 is 0. The van der Waals surface area contributed by atoms with E-state index in [1.807, 2.05) is 48.3 Å². The number of benzene rings is 1. The number of aliphatic hydroxyl groups excluding tert-OH is 1. The van der Waals surface area contributed by atoms with Gasteiger partial charge < -0.3 is 10.0 Å². The average molecular weight is 263 g/mol. The topological polar surface area (TPSA) is 36.4 Å². The van der Waals surface area contributed by atoms with E-state index in [0.717, 1.165) is 16.8 Å². The van der Waals surface area contributed by atoms with Gasteiger partial charge >= 0.3 is 0 Å². The standard InChI is InChI=1S/C14H15ClN2O/c1-17(9-10-18)13-12(7-8-16-14(13)15)11-5-3-2-4-6-11/h2-8,18H,9-10H2,1H3. The minimum atomic E-state index is 0.0793. The molecule has 0 aliphatic heterocycles. The summed E-state index contributed by atoms with van der Waals surface area (Å²) in [6.07, 6.45) is 1.70. The molecule has 0 aliphatic rings. The number of aliphatic hydroxyl groups is 1. The Bertz CT molecular complexity index is 516. The van der Waals surface area contributed by atoms with Crippen LogP contribution in [0.5, 0.6) is 0 Å². The van der Waals surface area contributed by atoms with Crippen LogP contribution in [0.15, 0.2) is 42.6 Å². The van der Waals surface area contributed by atoms with E-state index < -0.39 is 0 Å². The molecule has 0 aliphatic carbocycles. The lowest BCUT2D eigenvalue weighted by Crippen LogP contribution is -2.22. The van der Waals surface area contributed by atoms with Crippen molar-refractivity contribution in [3.63, 3.8) is 0 Å². The number of halogens is 1. The van der Waals surface area contributed by atoms with Crippen LogP contribution in [0.2, 0.25) is 5.15 Å². The summed E-state index contributed by atoms with van der Waals surface area (Å²) in [4.78, 5) is 6.03. The van der Waals surface area contributed by atoms with E-state index in [4.69, 9.17) is 16.7 Å². The first-order valence-corrected chi connectivity index (χ1v) is 6.13. The Hall–Kier alpha value is -1.58. The van der Waals surface area contributed by atoms with Gasteiger partial charge in [-0.2, -0.15) is 0 Å². The third kappa shape index (κ3) is 2.63. The van der Waals surface area contributed by atoms with Gasteiger partial charge in [-0.25, -0.2) is 4.98 Å². The Balaban J connectivity index is 2.51. The summed E-state index contributed by atoms with van der Waals surface area (Å²) in [6.45, 7) is 0.598. The zero-order valence-corrected chi connectivity index (χ0v) is 10.9. The van der Waals surface area contributed by atoms with Crippen molar-refractivity contribution < 1.29 is 5.11 Å². The van der Waals surface area contributed by atoms with E-state index in [9.17, 15) is 0 Å². The molecule has 1 aromatic heterocycles. The molecule has 1 heterocycles. The fraction of sp³-hybridized carbons (Fsp3) is 0.214. The molecular formula is C14H15ClN2O. The second-order valence-electron chi connectivity index (χ2n) is 4.01. The van der Waals surface area contributed by atoms with Crippen molar-refractivity contribution >= 4 is 17.3 Å². The Kier molecular flexibility index (Phi) is 4.18. The SMILES string of the molecule is CN(CCO)c1c(-c2ccccc2)ccnc1Cl. The molecule has 0 fully saturated rings. The van der Waals surface area contributed by atoms with Crippen LogP contribution in [0.25, 0.3) is 11.1 Å². The largest absolute Gasteiger partial charge is 0.395 e. The highest BCUT2D eigenvalue weighted by atomic mass is 35.5. The van der Waals surface area contributed by atoms with Gasteiger partial charge in [0.05, 0.1) is 12.3 Å².